The van der Waals surface area contributed by atoms with E-state index in [1.54, 1.807) is 19.1 Å². The van der Waals surface area contributed by atoms with Crippen LogP contribution in [0.15, 0.2) is 18.2 Å². The quantitative estimate of drug-likeness (QED) is 0.685. The Hall–Kier alpha value is -1.75. The van der Waals surface area contributed by atoms with E-state index in [1.165, 1.54) is 0 Å². The number of hydrogen-bond acceptors (Lipinski definition) is 4. The number of carboxylic acid groups (broad SMARTS) is 1. The third-order valence-electron chi connectivity index (χ3n) is 3.26. The number of carboxylic acids is 1. The molecule has 1 aromatic carbocycles. The van der Waals surface area contributed by atoms with Gasteiger partial charge >= 0.3 is 5.97 Å². The van der Waals surface area contributed by atoms with Crippen LogP contribution in [0.2, 0.25) is 0 Å². The molecule has 0 aliphatic rings. The molecule has 5 heteroatoms. The van der Waals surface area contributed by atoms with Gasteiger partial charge in [0.05, 0.1) is 12.8 Å². The van der Waals surface area contributed by atoms with Crippen molar-refractivity contribution in [3.8, 4) is 5.75 Å². The summed E-state index contributed by atoms with van der Waals surface area (Å²) in [5.74, 6) is 0.528. The number of anilines is 1. The average molecular weight is 294 g/mol. The summed E-state index contributed by atoms with van der Waals surface area (Å²) in [7, 11) is 3.34. The first-order chi connectivity index (χ1) is 9.93. The lowest BCUT2D eigenvalue weighted by atomic mass is 10.1. The van der Waals surface area contributed by atoms with Gasteiger partial charge in [0.25, 0.3) is 0 Å². The first-order valence-electron chi connectivity index (χ1n) is 7.24. The zero-order chi connectivity index (χ0) is 15.8. The largest absolute Gasteiger partial charge is 0.495 e. The topological polar surface area (TPSA) is 61.8 Å². The van der Waals surface area contributed by atoms with Crippen molar-refractivity contribution < 1.29 is 14.6 Å². The maximum absolute atomic E-state index is 10.8. The molecule has 0 fully saturated rings. The van der Waals surface area contributed by atoms with Gasteiger partial charge in [-0.3, -0.25) is 4.79 Å². The van der Waals surface area contributed by atoms with E-state index in [1.807, 2.05) is 18.2 Å². The molecule has 2 N–H and O–H groups in total. The average Bonchev–Trinajstić information content (AvgIpc) is 2.42. The first-order valence-corrected chi connectivity index (χ1v) is 7.24. The number of hydrogen-bond donors (Lipinski definition) is 2. The molecule has 0 heterocycles. The Morgan fingerprint density at radius 3 is 2.71 bits per heavy atom. The van der Waals surface area contributed by atoms with Crippen LogP contribution in [0.3, 0.4) is 0 Å². The summed E-state index contributed by atoms with van der Waals surface area (Å²) in [5.41, 5.74) is 1.91. The lowest BCUT2D eigenvalue weighted by molar-refractivity contribution is -0.135. The second-order valence-corrected chi connectivity index (χ2v) is 5.62. The van der Waals surface area contributed by atoms with Gasteiger partial charge in [0.15, 0.2) is 0 Å². The number of nitrogens with zero attached hydrogens (tertiary/aromatic N) is 1. The van der Waals surface area contributed by atoms with Crippen LogP contribution in [0.25, 0.3) is 0 Å². The van der Waals surface area contributed by atoms with Crippen LogP contribution in [-0.4, -0.2) is 38.3 Å². The summed E-state index contributed by atoms with van der Waals surface area (Å²) in [4.78, 5) is 12.5. The lowest BCUT2D eigenvalue weighted by Gasteiger charge is -2.20. The van der Waals surface area contributed by atoms with Gasteiger partial charge in [-0.15, -0.1) is 0 Å². The Bertz CT molecular complexity index is 461. The molecule has 21 heavy (non-hydrogen) atoms. The second kappa shape index (κ2) is 8.52. The van der Waals surface area contributed by atoms with Crippen molar-refractivity contribution in [2.75, 3.05) is 32.1 Å². The van der Waals surface area contributed by atoms with Crippen molar-refractivity contribution in [1.82, 2.24) is 5.32 Å². The van der Waals surface area contributed by atoms with E-state index < -0.39 is 5.97 Å². The Labute approximate surface area is 126 Å². The van der Waals surface area contributed by atoms with E-state index in [0.29, 0.717) is 11.7 Å². The van der Waals surface area contributed by atoms with Gasteiger partial charge in [-0.25, -0.2) is 0 Å². The van der Waals surface area contributed by atoms with Crippen LogP contribution in [0.1, 0.15) is 25.8 Å². The van der Waals surface area contributed by atoms with Gasteiger partial charge < -0.3 is 20.1 Å². The van der Waals surface area contributed by atoms with Crippen LogP contribution in [0, 0.1) is 5.92 Å². The standard InChI is InChI=1S/C16H26N2O3/c1-12(2)7-8-17-10-13-5-6-14(15(9-13)21-4)18(3)11-16(19)20/h5-6,9,12,17H,7-8,10-11H2,1-4H3,(H,19,20). The fourth-order valence-corrected chi connectivity index (χ4v) is 2.06. The Balaban J connectivity index is 2.67. The van der Waals surface area contributed by atoms with Gasteiger partial charge in [0, 0.05) is 13.6 Å². The number of ether oxygens (including phenoxy) is 1. The van der Waals surface area contributed by atoms with Crippen LogP contribution in [-0.2, 0) is 11.3 Å². The van der Waals surface area contributed by atoms with E-state index in [4.69, 9.17) is 9.84 Å². The third-order valence-corrected chi connectivity index (χ3v) is 3.26. The fraction of sp³-hybridized carbons (Fsp3) is 0.562. The highest BCUT2D eigenvalue weighted by molar-refractivity contribution is 5.75. The van der Waals surface area contributed by atoms with Crippen molar-refractivity contribution in [3.63, 3.8) is 0 Å². The molecule has 1 rings (SSSR count). The minimum absolute atomic E-state index is 0.0532. The molecule has 0 saturated heterocycles. The second-order valence-electron chi connectivity index (χ2n) is 5.62. The molecule has 0 saturated carbocycles. The van der Waals surface area contributed by atoms with Crippen molar-refractivity contribution in [2.45, 2.75) is 26.8 Å². The molecule has 0 aliphatic heterocycles. The molecule has 0 atom stereocenters. The van der Waals surface area contributed by atoms with Crippen LogP contribution >= 0.6 is 0 Å². The van der Waals surface area contributed by atoms with E-state index >= 15 is 0 Å². The molecule has 0 spiro atoms. The molecular weight excluding hydrogens is 268 g/mol. The highest BCUT2D eigenvalue weighted by Gasteiger charge is 2.11. The van der Waals surface area contributed by atoms with Crippen LogP contribution in [0.4, 0.5) is 5.69 Å². The van der Waals surface area contributed by atoms with E-state index in [0.717, 1.165) is 30.8 Å². The van der Waals surface area contributed by atoms with Crippen molar-refractivity contribution >= 4 is 11.7 Å². The maximum atomic E-state index is 10.8. The Morgan fingerprint density at radius 1 is 1.43 bits per heavy atom. The van der Waals surface area contributed by atoms with E-state index in [2.05, 4.69) is 19.2 Å². The molecule has 0 aromatic heterocycles. The molecular formula is C16H26N2O3. The summed E-state index contributed by atoms with van der Waals surface area (Å²) in [6, 6.07) is 5.86. The van der Waals surface area contributed by atoms with Crippen molar-refractivity contribution in [2.24, 2.45) is 5.92 Å². The van der Waals surface area contributed by atoms with Gasteiger partial charge in [-0.1, -0.05) is 19.9 Å². The normalized spacial score (nSPS) is 10.7. The van der Waals surface area contributed by atoms with Gasteiger partial charge in [0.1, 0.15) is 12.3 Å². The maximum Gasteiger partial charge on any atom is 0.323 e. The predicted octanol–water partition coefficient (Wildman–Crippen LogP) is 2.35. The number of benzene rings is 1. The zero-order valence-corrected chi connectivity index (χ0v) is 13.3. The van der Waals surface area contributed by atoms with Gasteiger partial charge in [-0.2, -0.15) is 0 Å². The molecule has 0 unspecified atom stereocenters. The van der Waals surface area contributed by atoms with Gasteiger partial charge in [0.2, 0.25) is 0 Å². The molecule has 5 nitrogen and oxygen atoms in total. The highest BCUT2D eigenvalue weighted by atomic mass is 16.5. The molecule has 118 valence electrons. The number of carbonyl (C=O) groups is 1. The number of aliphatic carboxylic acids is 1. The first kappa shape index (κ1) is 17.3. The molecule has 0 radical (unpaired) electrons. The number of likely N-dealkylation sites (N-methyl/N-ethyl adjacent to an activating group) is 1. The van der Waals surface area contributed by atoms with Crippen molar-refractivity contribution in [3.05, 3.63) is 23.8 Å². The zero-order valence-electron chi connectivity index (χ0n) is 13.3. The summed E-state index contributed by atoms with van der Waals surface area (Å²) < 4.78 is 5.37. The number of rotatable bonds is 9. The number of nitrogens with one attached hydrogen (secondary N) is 1. The molecule has 0 bridgehead atoms. The SMILES string of the molecule is COc1cc(CNCCC(C)C)ccc1N(C)CC(=O)O. The highest BCUT2D eigenvalue weighted by Crippen LogP contribution is 2.28. The fourth-order valence-electron chi connectivity index (χ4n) is 2.06. The van der Waals surface area contributed by atoms with Crippen LogP contribution < -0.4 is 15.0 Å². The summed E-state index contributed by atoms with van der Waals surface area (Å²) in [5, 5.41) is 12.3. The summed E-state index contributed by atoms with van der Waals surface area (Å²) in [6.07, 6.45) is 1.15. The molecule has 0 aliphatic carbocycles. The lowest BCUT2D eigenvalue weighted by Crippen LogP contribution is -2.25. The summed E-state index contributed by atoms with van der Waals surface area (Å²) in [6.45, 7) is 6.13. The Morgan fingerprint density at radius 2 is 2.14 bits per heavy atom. The molecule has 0 amide bonds. The van der Waals surface area contributed by atoms with Gasteiger partial charge in [-0.05, 0) is 36.6 Å². The van der Waals surface area contributed by atoms with Crippen molar-refractivity contribution in [1.29, 1.82) is 0 Å². The third kappa shape index (κ3) is 6.04. The minimum Gasteiger partial charge on any atom is -0.495 e. The van der Waals surface area contributed by atoms with Crippen LogP contribution in [0.5, 0.6) is 5.75 Å². The van der Waals surface area contributed by atoms with E-state index in [-0.39, 0.29) is 6.54 Å². The minimum atomic E-state index is -0.862. The molecule has 1 aromatic rings. The van der Waals surface area contributed by atoms with E-state index in [9.17, 15) is 4.79 Å². The monoisotopic (exact) mass is 294 g/mol. The predicted molar refractivity (Wildman–Crippen MR) is 85.1 cm³/mol. The Kier molecular flexibility index (Phi) is 7.02. The smallest absolute Gasteiger partial charge is 0.323 e. The summed E-state index contributed by atoms with van der Waals surface area (Å²) >= 11 is 0. The number of methoxy groups -OCH3 is 1.